The topological polar surface area (TPSA) is 24.1 Å². The number of nitrogens with one attached hydrogen (secondary N) is 2. The molecule has 0 spiro atoms. The molecule has 2 N–H and O–H groups in total. The highest BCUT2D eigenvalue weighted by Gasteiger charge is 2.24. The second kappa shape index (κ2) is 7.54. The van der Waals surface area contributed by atoms with Crippen molar-refractivity contribution >= 4 is 0 Å². The fourth-order valence-electron chi connectivity index (χ4n) is 1.62. The average Bonchev–Trinajstić information content (AvgIpc) is 2.41. The number of hydrogen-bond donors (Lipinski definition) is 2. The van der Waals surface area contributed by atoms with Gasteiger partial charge in [-0.3, -0.25) is 0 Å². The van der Waals surface area contributed by atoms with Crippen molar-refractivity contribution in [3.8, 4) is 0 Å². The molecular weight excluding hydrogens is 279 g/mol. The van der Waals surface area contributed by atoms with E-state index in [0.29, 0.717) is 25.6 Å². The molecule has 0 bridgehead atoms. The lowest BCUT2D eigenvalue weighted by Gasteiger charge is -2.10. The van der Waals surface area contributed by atoms with Crippen LogP contribution >= 0.6 is 0 Å². The van der Waals surface area contributed by atoms with Gasteiger partial charge in [0.05, 0.1) is 0 Å². The second-order valence-electron chi connectivity index (χ2n) is 4.69. The van der Waals surface area contributed by atoms with Crippen molar-refractivity contribution in [1.82, 2.24) is 10.6 Å². The van der Waals surface area contributed by atoms with Crippen LogP contribution in [0.4, 0.5) is 22.0 Å². The number of rotatable bonds is 7. The minimum atomic E-state index is -2.13. The first-order valence-electron chi connectivity index (χ1n) is 6.30. The first-order valence-corrected chi connectivity index (χ1v) is 6.30. The van der Waals surface area contributed by atoms with Crippen molar-refractivity contribution in [2.45, 2.75) is 32.9 Å². The summed E-state index contributed by atoms with van der Waals surface area (Å²) in [7, 11) is 0. The van der Waals surface area contributed by atoms with Gasteiger partial charge >= 0.3 is 0 Å². The summed E-state index contributed by atoms with van der Waals surface area (Å²) in [5.41, 5.74) is -0.835. The maximum Gasteiger partial charge on any atom is 0.200 e. The zero-order valence-electron chi connectivity index (χ0n) is 11.3. The van der Waals surface area contributed by atoms with Crippen LogP contribution in [0.3, 0.4) is 0 Å². The lowest BCUT2D eigenvalue weighted by Crippen LogP contribution is -2.27. The van der Waals surface area contributed by atoms with E-state index < -0.39 is 41.2 Å². The van der Waals surface area contributed by atoms with Gasteiger partial charge in [-0.05, 0) is 19.5 Å². The summed E-state index contributed by atoms with van der Waals surface area (Å²) in [4.78, 5) is 0. The van der Waals surface area contributed by atoms with Gasteiger partial charge in [-0.25, -0.2) is 22.0 Å². The van der Waals surface area contributed by atoms with E-state index in [2.05, 4.69) is 10.6 Å². The van der Waals surface area contributed by atoms with E-state index in [9.17, 15) is 22.0 Å². The third kappa shape index (κ3) is 4.14. The monoisotopic (exact) mass is 296 g/mol. The summed E-state index contributed by atoms with van der Waals surface area (Å²) in [5.74, 6) is -9.53. The average molecular weight is 296 g/mol. The van der Waals surface area contributed by atoms with Crippen LogP contribution in [-0.2, 0) is 6.54 Å². The van der Waals surface area contributed by atoms with E-state index >= 15 is 0 Å². The normalized spacial score (nSPS) is 11.4. The highest BCUT2D eigenvalue weighted by Crippen LogP contribution is 2.22. The smallest absolute Gasteiger partial charge is 0.200 e. The molecule has 0 amide bonds. The Kier molecular flexibility index (Phi) is 6.35. The standard InChI is InChI=1S/C13H17F5N2/c1-7(2)20-5-3-4-19-6-8-9(14)11(16)13(18)12(17)10(8)15/h7,19-20H,3-6H2,1-2H3. The lowest BCUT2D eigenvalue weighted by molar-refractivity contribution is 0.367. The van der Waals surface area contributed by atoms with Gasteiger partial charge in [-0.2, -0.15) is 0 Å². The van der Waals surface area contributed by atoms with Crippen molar-refractivity contribution in [3.63, 3.8) is 0 Å². The van der Waals surface area contributed by atoms with Crippen LogP contribution in [0.5, 0.6) is 0 Å². The number of benzene rings is 1. The molecule has 2 nitrogen and oxygen atoms in total. The van der Waals surface area contributed by atoms with Crippen LogP contribution in [0.15, 0.2) is 0 Å². The summed E-state index contributed by atoms with van der Waals surface area (Å²) in [6, 6.07) is 0.324. The van der Waals surface area contributed by atoms with Gasteiger partial charge in [-0.1, -0.05) is 13.8 Å². The van der Waals surface area contributed by atoms with Crippen molar-refractivity contribution in [2.75, 3.05) is 13.1 Å². The van der Waals surface area contributed by atoms with Crippen molar-refractivity contribution in [1.29, 1.82) is 0 Å². The largest absolute Gasteiger partial charge is 0.314 e. The number of halogens is 5. The third-order valence-corrected chi connectivity index (χ3v) is 2.69. The van der Waals surface area contributed by atoms with E-state index in [4.69, 9.17) is 0 Å². The highest BCUT2D eigenvalue weighted by molar-refractivity contribution is 5.23. The Morgan fingerprint density at radius 3 is 1.80 bits per heavy atom. The summed E-state index contributed by atoms with van der Waals surface area (Å²) in [5, 5.41) is 5.79. The quantitative estimate of drug-likeness (QED) is 0.350. The first-order chi connectivity index (χ1) is 9.36. The van der Waals surface area contributed by atoms with Gasteiger partial charge in [0.15, 0.2) is 23.3 Å². The minimum absolute atomic E-state index is 0.324. The molecule has 114 valence electrons. The van der Waals surface area contributed by atoms with Crippen molar-refractivity contribution in [3.05, 3.63) is 34.6 Å². The molecule has 0 atom stereocenters. The minimum Gasteiger partial charge on any atom is -0.314 e. The van der Waals surface area contributed by atoms with Gasteiger partial charge < -0.3 is 10.6 Å². The number of hydrogen-bond acceptors (Lipinski definition) is 2. The molecule has 0 saturated heterocycles. The Hall–Kier alpha value is -1.21. The van der Waals surface area contributed by atoms with Crippen LogP contribution in [-0.4, -0.2) is 19.1 Å². The Morgan fingerprint density at radius 1 is 0.800 bits per heavy atom. The molecule has 0 fully saturated rings. The zero-order chi connectivity index (χ0) is 15.3. The van der Waals surface area contributed by atoms with Crippen LogP contribution in [0, 0.1) is 29.1 Å². The van der Waals surface area contributed by atoms with Crippen LogP contribution in [0.1, 0.15) is 25.8 Å². The fourth-order valence-corrected chi connectivity index (χ4v) is 1.62. The highest BCUT2D eigenvalue weighted by atomic mass is 19.2. The van der Waals surface area contributed by atoms with Crippen molar-refractivity contribution < 1.29 is 22.0 Å². The molecule has 7 heteroatoms. The molecule has 0 saturated carbocycles. The van der Waals surface area contributed by atoms with E-state index in [-0.39, 0.29) is 0 Å². The first kappa shape index (κ1) is 16.8. The second-order valence-corrected chi connectivity index (χ2v) is 4.69. The summed E-state index contributed by atoms with van der Waals surface area (Å²) < 4.78 is 65.3. The van der Waals surface area contributed by atoms with E-state index in [1.807, 2.05) is 13.8 Å². The molecule has 0 unspecified atom stereocenters. The maximum atomic E-state index is 13.3. The third-order valence-electron chi connectivity index (χ3n) is 2.69. The van der Waals surface area contributed by atoms with E-state index in [1.54, 1.807) is 0 Å². The zero-order valence-corrected chi connectivity index (χ0v) is 11.3. The Labute approximate surface area is 114 Å². The predicted octanol–water partition coefficient (Wildman–Crippen LogP) is 2.86. The Balaban J connectivity index is 2.57. The lowest BCUT2D eigenvalue weighted by atomic mass is 10.1. The fraction of sp³-hybridized carbons (Fsp3) is 0.538. The van der Waals surface area contributed by atoms with Gasteiger partial charge in [0.25, 0.3) is 0 Å². The molecule has 0 aliphatic carbocycles. The van der Waals surface area contributed by atoms with Gasteiger partial charge in [0, 0.05) is 18.2 Å². The molecule has 0 aromatic heterocycles. The molecule has 0 radical (unpaired) electrons. The van der Waals surface area contributed by atoms with Crippen LogP contribution in [0.25, 0.3) is 0 Å². The summed E-state index contributed by atoms with van der Waals surface area (Å²) in [6.45, 7) is 4.64. The molecular formula is C13H17F5N2. The molecule has 20 heavy (non-hydrogen) atoms. The van der Waals surface area contributed by atoms with E-state index in [1.165, 1.54) is 0 Å². The maximum absolute atomic E-state index is 13.3. The molecule has 1 rings (SSSR count). The molecule has 0 heterocycles. The van der Waals surface area contributed by atoms with Crippen LogP contribution < -0.4 is 10.6 Å². The Morgan fingerprint density at radius 2 is 1.30 bits per heavy atom. The SMILES string of the molecule is CC(C)NCCCNCc1c(F)c(F)c(F)c(F)c1F. The van der Waals surface area contributed by atoms with Crippen LogP contribution in [0.2, 0.25) is 0 Å². The predicted molar refractivity (Wildman–Crippen MR) is 65.7 cm³/mol. The molecule has 0 aliphatic rings. The van der Waals surface area contributed by atoms with Gasteiger partial charge in [0.1, 0.15) is 0 Å². The Bertz CT molecular complexity index is 434. The summed E-state index contributed by atoms with van der Waals surface area (Å²) in [6.07, 6.45) is 0.674. The van der Waals surface area contributed by atoms with Crippen molar-refractivity contribution in [2.24, 2.45) is 0 Å². The summed E-state index contributed by atoms with van der Waals surface area (Å²) >= 11 is 0. The van der Waals surface area contributed by atoms with E-state index in [0.717, 1.165) is 0 Å². The van der Waals surface area contributed by atoms with Gasteiger partial charge in [-0.15, -0.1) is 0 Å². The molecule has 1 aromatic rings. The molecule has 1 aromatic carbocycles. The van der Waals surface area contributed by atoms with Gasteiger partial charge in [0.2, 0.25) is 5.82 Å². The molecule has 0 aliphatic heterocycles.